The van der Waals surface area contributed by atoms with E-state index >= 15 is 0 Å². The topological polar surface area (TPSA) is 21.3 Å². The first-order chi connectivity index (χ1) is 7.54. The van der Waals surface area contributed by atoms with Crippen LogP contribution in [0.15, 0.2) is 0 Å². The molecule has 0 spiro atoms. The van der Waals surface area contributed by atoms with Crippen LogP contribution in [0.5, 0.6) is 0 Å². The van der Waals surface area contributed by atoms with E-state index in [1.165, 1.54) is 25.7 Å². The second kappa shape index (κ2) is 3.46. The van der Waals surface area contributed by atoms with Crippen LogP contribution < -0.4 is 5.32 Å². The Bertz CT molecular complexity index is 282. The van der Waals surface area contributed by atoms with E-state index in [0.29, 0.717) is 16.9 Å². The van der Waals surface area contributed by atoms with Crippen molar-refractivity contribution in [3.8, 4) is 0 Å². The average Bonchev–Trinajstić information content (AvgIpc) is 2.84. The molecule has 1 saturated heterocycles. The van der Waals surface area contributed by atoms with Gasteiger partial charge < -0.3 is 10.1 Å². The Hall–Kier alpha value is -0.0800. The first-order valence-corrected chi connectivity index (χ1v) is 6.88. The van der Waals surface area contributed by atoms with E-state index in [-0.39, 0.29) is 0 Å². The molecule has 0 radical (unpaired) electrons. The summed E-state index contributed by atoms with van der Waals surface area (Å²) in [7, 11) is 0. The maximum Gasteiger partial charge on any atom is 0.0620 e. The molecule has 0 aromatic carbocycles. The molecule has 1 aliphatic heterocycles. The Kier molecular flexibility index (Phi) is 2.38. The molecule has 1 N–H and O–H groups in total. The Morgan fingerprint density at radius 1 is 1.19 bits per heavy atom. The van der Waals surface area contributed by atoms with Crippen LogP contribution in [0.25, 0.3) is 0 Å². The van der Waals surface area contributed by atoms with Crippen LogP contribution in [0, 0.1) is 16.7 Å². The van der Waals surface area contributed by atoms with Gasteiger partial charge in [0.1, 0.15) is 0 Å². The van der Waals surface area contributed by atoms with Gasteiger partial charge in [-0.25, -0.2) is 0 Å². The summed E-state index contributed by atoms with van der Waals surface area (Å²) in [5.41, 5.74) is 1.05. The van der Waals surface area contributed by atoms with Crippen LogP contribution in [0.3, 0.4) is 0 Å². The van der Waals surface area contributed by atoms with Crippen molar-refractivity contribution in [1.29, 1.82) is 0 Å². The largest absolute Gasteiger partial charge is 0.380 e. The molecular weight excluding hydrogens is 198 g/mol. The molecule has 16 heavy (non-hydrogen) atoms. The maximum atomic E-state index is 5.47. The summed E-state index contributed by atoms with van der Waals surface area (Å²) in [5, 5.41) is 3.88. The molecule has 2 saturated carbocycles. The second-order valence-electron chi connectivity index (χ2n) is 6.89. The molecule has 3 rings (SSSR count). The standard InChI is InChI=1S/C14H25NO/c1-13(2)10-4-6-14(13,3)12(8-10)15-11-5-7-16-9-11/h10-12,15H,4-9H2,1-3H3. The first-order valence-electron chi connectivity index (χ1n) is 6.88. The van der Waals surface area contributed by atoms with Gasteiger partial charge in [-0.05, 0) is 42.4 Å². The Morgan fingerprint density at radius 3 is 2.50 bits per heavy atom. The molecule has 0 amide bonds. The molecule has 3 aliphatic rings. The van der Waals surface area contributed by atoms with Crippen molar-refractivity contribution >= 4 is 0 Å². The molecule has 2 aliphatic carbocycles. The smallest absolute Gasteiger partial charge is 0.0620 e. The average molecular weight is 223 g/mol. The van der Waals surface area contributed by atoms with Crippen molar-refractivity contribution in [3.63, 3.8) is 0 Å². The Balaban J connectivity index is 1.74. The van der Waals surface area contributed by atoms with Crippen LogP contribution in [0.1, 0.15) is 46.5 Å². The number of hydrogen-bond donors (Lipinski definition) is 1. The summed E-state index contributed by atoms with van der Waals surface area (Å²) in [6.45, 7) is 9.36. The third-order valence-corrected chi connectivity index (χ3v) is 6.16. The van der Waals surface area contributed by atoms with Crippen LogP contribution >= 0.6 is 0 Å². The summed E-state index contributed by atoms with van der Waals surface area (Å²) < 4.78 is 5.47. The molecule has 4 unspecified atom stereocenters. The van der Waals surface area contributed by atoms with Gasteiger partial charge in [0.25, 0.3) is 0 Å². The maximum absolute atomic E-state index is 5.47. The van der Waals surface area contributed by atoms with E-state index in [0.717, 1.165) is 25.2 Å². The minimum atomic E-state index is 0.514. The fourth-order valence-corrected chi connectivity index (χ4v) is 4.41. The van der Waals surface area contributed by atoms with E-state index < -0.39 is 0 Å². The molecule has 92 valence electrons. The van der Waals surface area contributed by atoms with Gasteiger partial charge in [0.05, 0.1) is 6.61 Å². The fraction of sp³-hybridized carbons (Fsp3) is 1.00. The van der Waals surface area contributed by atoms with Crippen molar-refractivity contribution in [2.75, 3.05) is 13.2 Å². The number of hydrogen-bond acceptors (Lipinski definition) is 2. The van der Waals surface area contributed by atoms with Crippen LogP contribution in [0.2, 0.25) is 0 Å². The zero-order chi connectivity index (χ0) is 11.4. The van der Waals surface area contributed by atoms with Gasteiger partial charge in [0, 0.05) is 18.7 Å². The van der Waals surface area contributed by atoms with Gasteiger partial charge >= 0.3 is 0 Å². The molecular formula is C14H25NO. The molecule has 2 heteroatoms. The number of ether oxygens (including phenoxy) is 1. The highest BCUT2D eigenvalue weighted by Crippen LogP contribution is 2.65. The predicted octanol–water partition coefficient (Wildman–Crippen LogP) is 2.58. The molecule has 1 heterocycles. The predicted molar refractivity (Wildman–Crippen MR) is 65.4 cm³/mol. The van der Waals surface area contributed by atoms with Crippen LogP contribution in [0.4, 0.5) is 0 Å². The molecule has 4 atom stereocenters. The molecule has 0 aromatic heterocycles. The second-order valence-corrected chi connectivity index (χ2v) is 6.89. The molecule has 2 bridgehead atoms. The van der Waals surface area contributed by atoms with Gasteiger partial charge in [-0.2, -0.15) is 0 Å². The van der Waals surface area contributed by atoms with Crippen molar-refractivity contribution in [2.45, 2.75) is 58.5 Å². The van der Waals surface area contributed by atoms with Gasteiger partial charge in [-0.3, -0.25) is 0 Å². The quantitative estimate of drug-likeness (QED) is 0.777. The highest BCUT2D eigenvalue weighted by Gasteiger charge is 2.61. The molecule has 3 fully saturated rings. The lowest BCUT2D eigenvalue weighted by atomic mass is 9.69. The van der Waals surface area contributed by atoms with Crippen molar-refractivity contribution in [3.05, 3.63) is 0 Å². The highest BCUT2D eigenvalue weighted by atomic mass is 16.5. The van der Waals surface area contributed by atoms with E-state index in [1.54, 1.807) is 0 Å². The number of rotatable bonds is 2. The third-order valence-electron chi connectivity index (χ3n) is 6.16. The minimum Gasteiger partial charge on any atom is -0.380 e. The normalized spacial score (nSPS) is 50.1. The lowest BCUT2D eigenvalue weighted by Gasteiger charge is -2.40. The van der Waals surface area contributed by atoms with E-state index in [2.05, 4.69) is 26.1 Å². The summed E-state index contributed by atoms with van der Waals surface area (Å²) in [6, 6.07) is 1.35. The SMILES string of the molecule is CC1(C)C2CCC1(C)C(NC1CCOC1)C2. The summed E-state index contributed by atoms with van der Waals surface area (Å²) >= 11 is 0. The fourth-order valence-electron chi connectivity index (χ4n) is 4.41. The lowest BCUT2D eigenvalue weighted by molar-refractivity contribution is 0.112. The van der Waals surface area contributed by atoms with Gasteiger partial charge in [0.15, 0.2) is 0 Å². The van der Waals surface area contributed by atoms with E-state index in [1.807, 2.05) is 0 Å². The summed E-state index contributed by atoms with van der Waals surface area (Å²) in [5.74, 6) is 0.942. The minimum absolute atomic E-state index is 0.514. The zero-order valence-electron chi connectivity index (χ0n) is 10.9. The van der Waals surface area contributed by atoms with Gasteiger partial charge in [0.2, 0.25) is 0 Å². The van der Waals surface area contributed by atoms with Gasteiger partial charge in [-0.15, -0.1) is 0 Å². The van der Waals surface area contributed by atoms with Crippen LogP contribution in [-0.2, 0) is 4.74 Å². The van der Waals surface area contributed by atoms with Crippen molar-refractivity contribution < 1.29 is 4.74 Å². The molecule has 2 nitrogen and oxygen atoms in total. The monoisotopic (exact) mass is 223 g/mol. The van der Waals surface area contributed by atoms with E-state index in [9.17, 15) is 0 Å². The molecule has 0 aromatic rings. The third kappa shape index (κ3) is 1.32. The summed E-state index contributed by atoms with van der Waals surface area (Å²) in [6.07, 6.45) is 5.45. The highest BCUT2D eigenvalue weighted by molar-refractivity contribution is 5.13. The van der Waals surface area contributed by atoms with Crippen molar-refractivity contribution in [2.24, 2.45) is 16.7 Å². The summed E-state index contributed by atoms with van der Waals surface area (Å²) in [4.78, 5) is 0. The Labute approximate surface area is 99.1 Å². The van der Waals surface area contributed by atoms with Gasteiger partial charge in [-0.1, -0.05) is 20.8 Å². The lowest BCUT2D eigenvalue weighted by Crippen LogP contribution is -2.48. The van der Waals surface area contributed by atoms with E-state index in [4.69, 9.17) is 4.74 Å². The van der Waals surface area contributed by atoms with Crippen molar-refractivity contribution in [1.82, 2.24) is 5.32 Å². The zero-order valence-corrected chi connectivity index (χ0v) is 10.9. The van der Waals surface area contributed by atoms with Crippen LogP contribution in [-0.4, -0.2) is 25.3 Å². The Morgan fingerprint density at radius 2 is 2.00 bits per heavy atom. The first kappa shape index (κ1) is 11.0. The number of nitrogens with one attached hydrogen (secondary N) is 1. The number of fused-ring (bicyclic) bond motifs is 2.